The lowest BCUT2D eigenvalue weighted by Gasteiger charge is -2.40. The molecule has 0 aromatic carbocycles. The molecule has 9 heteroatoms. The smallest absolute Gasteiger partial charge is 0.220 e. The molecule has 6 N–H and O–H groups in total. The number of aliphatic hydroxyl groups is 5. The second-order valence-corrected chi connectivity index (χ2v) is 24.7. The van der Waals surface area contributed by atoms with E-state index in [0.717, 1.165) is 38.5 Å². The molecule has 0 bridgehead atoms. The molecule has 79 heavy (non-hydrogen) atoms. The summed E-state index contributed by atoms with van der Waals surface area (Å²) in [5.41, 5.74) is 0. The lowest BCUT2D eigenvalue weighted by molar-refractivity contribution is -0.302. The van der Waals surface area contributed by atoms with E-state index in [1.54, 1.807) is 6.08 Å². The van der Waals surface area contributed by atoms with Gasteiger partial charge in [-0.3, -0.25) is 4.79 Å². The van der Waals surface area contributed by atoms with Crippen molar-refractivity contribution in [1.29, 1.82) is 0 Å². The van der Waals surface area contributed by atoms with Crippen LogP contribution in [0, 0.1) is 0 Å². The van der Waals surface area contributed by atoms with E-state index in [1.807, 2.05) is 6.08 Å². The summed E-state index contributed by atoms with van der Waals surface area (Å²) in [4.78, 5) is 13.1. The molecule has 0 saturated carbocycles. The van der Waals surface area contributed by atoms with Gasteiger partial charge in [-0.1, -0.05) is 346 Å². The summed E-state index contributed by atoms with van der Waals surface area (Å²) in [6.45, 7) is 3.83. The topological polar surface area (TPSA) is 149 Å². The summed E-state index contributed by atoms with van der Waals surface area (Å²) in [5, 5.41) is 54.7. The zero-order valence-corrected chi connectivity index (χ0v) is 52.4. The summed E-state index contributed by atoms with van der Waals surface area (Å²) < 4.78 is 11.3. The van der Waals surface area contributed by atoms with E-state index >= 15 is 0 Å². The second kappa shape index (κ2) is 59.8. The third-order valence-electron chi connectivity index (χ3n) is 17.0. The molecule has 0 aromatic heterocycles. The monoisotopic (exact) mass is 1120 g/mol. The number of carbonyl (C=O) groups is 1. The van der Waals surface area contributed by atoms with Crippen LogP contribution < -0.4 is 5.32 Å². The first-order valence-electron chi connectivity index (χ1n) is 35.1. The maximum Gasteiger partial charge on any atom is 0.220 e. The van der Waals surface area contributed by atoms with Crippen LogP contribution >= 0.6 is 0 Å². The van der Waals surface area contributed by atoms with Crippen molar-refractivity contribution < 1.29 is 39.8 Å². The highest BCUT2D eigenvalue weighted by Crippen LogP contribution is 2.23. The Bertz CT molecular complexity index is 1300. The van der Waals surface area contributed by atoms with Crippen LogP contribution in [-0.2, 0) is 14.3 Å². The molecule has 7 unspecified atom stereocenters. The van der Waals surface area contributed by atoms with Gasteiger partial charge in [-0.15, -0.1) is 0 Å². The summed E-state index contributed by atoms with van der Waals surface area (Å²) in [7, 11) is 0. The molecule has 1 rings (SSSR count). The Balaban J connectivity index is 2.14. The first-order valence-corrected chi connectivity index (χ1v) is 35.1. The lowest BCUT2D eigenvalue weighted by atomic mass is 9.99. The molecule has 0 spiro atoms. The summed E-state index contributed by atoms with van der Waals surface area (Å²) in [5.74, 6) is -0.178. The van der Waals surface area contributed by atoms with Gasteiger partial charge in [0.25, 0.3) is 0 Å². The Hall–Kier alpha value is -1.33. The number of amides is 1. The highest BCUT2D eigenvalue weighted by Gasteiger charge is 2.44. The predicted molar refractivity (Wildman–Crippen MR) is 337 cm³/mol. The molecular weight excluding hydrogens is 983 g/mol. The fourth-order valence-corrected chi connectivity index (χ4v) is 11.5. The van der Waals surface area contributed by atoms with Crippen LogP contribution in [0.3, 0.4) is 0 Å². The molecule has 1 heterocycles. The fraction of sp³-hybridized carbons (Fsp3) is 0.929. The van der Waals surface area contributed by atoms with Crippen molar-refractivity contribution in [2.45, 2.75) is 403 Å². The number of allylic oxidation sites excluding steroid dienone is 3. The van der Waals surface area contributed by atoms with Crippen LogP contribution in [-0.4, -0.2) is 87.5 Å². The molecule has 0 radical (unpaired) electrons. The van der Waals surface area contributed by atoms with E-state index in [0.29, 0.717) is 6.42 Å². The first-order chi connectivity index (χ1) is 38.8. The summed E-state index contributed by atoms with van der Waals surface area (Å²) in [6, 6.07) is -0.820. The summed E-state index contributed by atoms with van der Waals surface area (Å²) in [6.07, 6.45) is 71.5. The highest BCUT2D eigenvalue weighted by atomic mass is 16.7. The Labute approximate surface area is 489 Å². The van der Waals surface area contributed by atoms with Crippen molar-refractivity contribution in [1.82, 2.24) is 5.32 Å². The Kier molecular flexibility index (Phi) is 57.3. The molecule has 1 aliphatic rings. The van der Waals surface area contributed by atoms with E-state index in [-0.39, 0.29) is 12.5 Å². The van der Waals surface area contributed by atoms with Crippen molar-refractivity contribution in [2.75, 3.05) is 13.2 Å². The van der Waals surface area contributed by atoms with Crippen LogP contribution in [0.25, 0.3) is 0 Å². The predicted octanol–water partition coefficient (Wildman–Crippen LogP) is 18.9. The van der Waals surface area contributed by atoms with E-state index in [1.165, 1.54) is 302 Å². The van der Waals surface area contributed by atoms with Gasteiger partial charge in [0.1, 0.15) is 24.4 Å². The van der Waals surface area contributed by atoms with Gasteiger partial charge in [-0.2, -0.15) is 0 Å². The van der Waals surface area contributed by atoms with E-state index in [2.05, 4.69) is 31.3 Å². The van der Waals surface area contributed by atoms with Crippen molar-refractivity contribution in [3.05, 3.63) is 24.3 Å². The second-order valence-electron chi connectivity index (χ2n) is 24.7. The van der Waals surface area contributed by atoms with Crippen LogP contribution in [0.1, 0.15) is 361 Å². The number of carbonyl (C=O) groups excluding carboxylic acids is 1. The molecule has 0 aromatic rings. The average molecular weight is 1120 g/mol. The third kappa shape index (κ3) is 48.7. The highest BCUT2D eigenvalue weighted by molar-refractivity contribution is 5.76. The normalized spacial score (nSPS) is 18.6. The molecule has 1 aliphatic heterocycles. The van der Waals surface area contributed by atoms with Gasteiger partial charge in [0.2, 0.25) is 5.91 Å². The maximum absolute atomic E-state index is 13.1. The van der Waals surface area contributed by atoms with Gasteiger partial charge in [0.05, 0.1) is 25.4 Å². The summed E-state index contributed by atoms with van der Waals surface area (Å²) >= 11 is 0. The minimum absolute atomic E-state index is 0.178. The molecule has 7 atom stereocenters. The van der Waals surface area contributed by atoms with Crippen molar-refractivity contribution in [3.63, 3.8) is 0 Å². The Morgan fingerprint density at radius 1 is 0.418 bits per heavy atom. The average Bonchev–Trinajstić information content (AvgIpc) is 3.47. The van der Waals surface area contributed by atoms with Gasteiger partial charge in [-0.05, 0) is 32.1 Å². The molecule has 9 nitrogen and oxygen atoms in total. The minimum atomic E-state index is -1.57. The van der Waals surface area contributed by atoms with Crippen molar-refractivity contribution in [2.24, 2.45) is 0 Å². The zero-order chi connectivity index (χ0) is 57.2. The number of ether oxygens (including phenoxy) is 2. The van der Waals surface area contributed by atoms with Gasteiger partial charge in [0.15, 0.2) is 6.29 Å². The maximum atomic E-state index is 13.1. The number of aliphatic hydroxyl groups excluding tert-OH is 5. The van der Waals surface area contributed by atoms with Crippen LogP contribution in [0.2, 0.25) is 0 Å². The van der Waals surface area contributed by atoms with Gasteiger partial charge < -0.3 is 40.3 Å². The number of hydrogen-bond donors (Lipinski definition) is 6. The van der Waals surface area contributed by atoms with Crippen molar-refractivity contribution in [3.8, 4) is 0 Å². The Morgan fingerprint density at radius 3 is 1.06 bits per heavy atom. The lowest BCUT2D eigenvalue weighted by Crippen LogP contribution is -2.60. The quantitative estimate of drug-likeness (QED) is 0.0261. The fourth-order valence-electron chi connectivity index (χ4n) is 11.5. The molecule has 0 aliphatic carbocycles. The van der Waals surface area contributed by atoms with Crippen molar-refractivity contribution >= 4 is 5.91 Å². The number of rotatable bonds is 62. The first kappa shape index (κ1) is 75.7. The van der Waals surface area contributed by atoms with E-state index in [9.17, 15) is 30.3 Å². The van der Waals surface area contributed by atoms with Gasteiger partial charge in [-0.25, -0.2) is 0 Å². The minimum Gasteiger partial charge on any atom is -0.394 e. The van der Waals surface area contributed by atoms with Crippen LogP contribution in [0.5, 0.6) is 0 Å². The molecule has 468 valence electrons. The molecule has 1 saturated heterocycles. The van der Waals surface area contributed by atoms with Crippen LogP contribution in [0.4, 0.5) is 0 Å². The molecule has 1 fully saturated rings. The largest absolute Gasteiger partial charge is 0.394 e. The number of unbranched alkanes of at least 4 members (excludes halogenated alkanes) is 50. The SMILES string of the molecule is CCCCCCCCCCCCCCCCCCCCCCCCC/C=C/CC/C=C/C(O)C(COC1OC(CO)C(O)C(O)C1O)NC(=O)CCCCCCCCCCCCCCCCCCCCCCCCCCCCC. The number of nitrogens with one attached hydrogen (secondary N) is 1. The standard InChI is InChI=1S/C70H135NO8/c1-3-5-7-9-11-13-15-17-19-21-23-25-27-29-31-32-34-35-37-39-41-43-45-47-49-51-53-55-57-59-64(73)63(62-78-70-69(77)68(76)67(75)65(61-72)79-70)71-66(74)60-58-56-54-52-50-48-46-44-42-40-38-36-33-30-28-26-24-22-20-18-16-14-12-10-8-6-4-2/h49,51,57,59,63-65,67-70,72-73,75-77H,3-48,50,52-56,58,60-62H2,1-2H3,(H,71,74)/b51-49+,59-57+. The van der Waals surface area contributed by atoms with Gasteiger partial charge >= 0.3 is 0 Å². The zero-order valence-electron chi connectivity index (χ0n) is 52.4. The van der Waals surface area contributed by atoms with Gasteiger partial charge in [0, 0.05) is 6.42 Å². The van der Waals surface area contributed by atoms with E-state index in [4.69, 9.17) is 9.47 Å². The molecule has 1 amide bonds. The van der Waals surface area contributed by atoms with Crippen LogP contribution in [0.15, 0.2) is 24.3 Å². The Morgan fingerprint density at radius 2 is 0.722 bits per heavy atom. The number of hydrogen-bond acceptors (Lipinski definition) is 8. The van der Waals surface area contributed by atoms with E-state index < -0.39 is 49.5 Å². The molecular formula is C70H135NO8. The third-order valence-corrected chi connectivity index (χ3v) is 17.0.